The van der Waals surface area contributed by atoms with Gasteiger partial charge in [-0.1, -0.05) is 24.3 Å². The van der Waals surface area contributed by atoms with Gasteiger partial charge < -0.3 is 10.1 Å². The number of pyridine rings is 1. The average Bonchev–Trinajstić information content (AvgIpc) is 2.71. The Bertz CT molecular complexity index is 720. The van der Waals surface area contributed by atoms with E-state index in [4.69, 9.17) is 4.74 Å². The number of morpholine rings is 1. The Morgan fingerprint density at radius 2 is 2.04 bits per heavy atom. The summed E-state index contributed by atoms with van der Waals surface area (Å²) in [6.45, 7) is 3.61. The van der Waals surface area contributed by atoms with Gasteiger partial charge in [-0.2, -0.15) is 0 Å². The van der Waals surface area contributed by atoms with Crippen molar-refractivity contribution in [1.29, 1.82) is 0 Å². The van der Waals surface area contributed by atoms with Crippen LogP contribution in [0.15, 0.2) is 48.8 Å². The molecule has 0 saturated carbocycles. The van der Waals surface area contributed by atoms with Crippen LogP contribution in [0.4, 0.5) is 4.39 Å². The number of nitrogens with zero attached hydrogens (tertiary/aromatic N) is 2. The Hall–Kier alpha value is -2.31. The highest BCUT2D eigenvalue weighted by Gasteiger charge is 2.23. The first-order chi connectivity index (χ1) is 13.2. The first-order valence-electron chi connectivity index (χ1n) is 9.46. The second kappa shape index (κ2) is 10.1. The molecule has 1 fully saturated rings. The predicted molar refractivity (Wildman–Crippen MR) is 102 cm³/mol. The Morgan fingerprint density at radius 3 is 2.78 bits per heavy atom. The van der Waals surface area contributed by atoms with Gasteiger partial charge in [-0.15, -0.1) is 0 Å². The van der Waals surface area contributed by atoms with Gasteiger partial charge in [0.1, 0.15) is 5.82 Å². The molecule has 1 aromatic heterocycles. The molecule has 0 bridgehead atoms. The maximum absolute atomic E-state index is 13.6. The Kier molecular flexibility index (Phi) is 7.30. The van der Waals surface area contributed by atoms with Crippen LogP contribution in [0.5, 0.6) is 0 Å². The lowest BCUT2D eigenvalue weighted by Crippen LogP contribution is -2.43. The van der Waals surface area contributed by atoms with Crippen molar-refractivity contribution >= 4 is 5.91 Å². The van der Waals surface area contributed by atoms with Gasteiger partial charge in [0.05, 0.1) is 19.3 Å². The summed E-state index contributed by atoms with van der Waals surface area (Å²) in [5.74, 6) is -0.213. The van der Waals surface area contributed by atoms with E-state index in [0.29, 0.717) is 44.6 Å². The third-order valence-corrected chi connectivity index (χ3v) is 4.86. The van der Waals surface area contributed by atoms with E-state index >= 15 is 0 Å². The quantitative estimate of drug-likeness (QED) is 0.775. The lowest BCUT2D eigenvalue weighted by atomic mass is 10.1. The lowest BCUT2D eigenvalue weighted by Gasteiger charge is -2.34. The van der Waals surface area contributed by atoms with E-state index in [-0.39, 0.29) is 17.8 Å². The minimum absolute atomic E-state index is 0.00603. The number of amides is 1. The molecule has 1 unspecified atom stereocenters. The zero-order chi connectivity index (χ0) is 18.9. The van der Waals surface area contributed by atoms with Gasteiger partial charge in [0.15, 0.2) is 0 Å². The summed E-state index contributed by atoms with van der Waals surface area (Å²) >= 11 is 0. The Balaban J connectivity index is 1.50. The topological polar surface area (TPSA) is 54.5 Å². The van der Waals surface area contributed by atoms with Gasteiger partial charge in [-0.25, -0.2) is 4.39 Å². The Labute approximate surface area is 159 Å². The summed E-state index contributed by atoms with van der Waals surface area (Å²) in [6.07, 6.45) is 5.18. The summed E-state index contributed by atoms with van der Waals surface area (Å²) in [5.41, 5.74) is 1.75. The molecule has 2 aromatic rings. The van der Waals surface area contributed by atoms with Crippen molar-refractivity contribution in [2.45, 2.75) is 25.3 Å². The number of halogens is 1. The minimum atomic E-state index is -0.207. The van der Waals surface area contributed by atoms with Crippen LogP contribution in [-0.4, -0.2) is 48.6 Å². The number of aryl methyl sites for hydroxylation is 1. The number of carbonyl (C=O) groups is 1. The third kappa shape index (κ3) is 5.84. The van der Waals surface area contributed by atoms with Crippen molar-refractivity contribution in [1.82, 2.24) is 15.2 Å². The van der Waals surface area contributed by atoms with E-state index < -0.39 is 0 Å². The van der Waals surface area contributed by atoms with Gasteiger partial charge in [-0.05, 0) is 36.1 Å². The van der Waals surface area contributed by atoms with Crippen LogP contribution in [0.25, 0.3) is 0 Å². The average molecular weight is 371 g/mol. The molecule has 1 aliphatic heterocycles. The molecule has 1 amide bonds. The van der Waals surface area contributed by atoms with Crippen LogP contribution in [0.3, 0.4) is 0 Å². The molecule has 6 heteroatoms. The highest BCUT2D eigenvalue weighted by Crippen LogP contribution is 2.20. The van der Waals surface area contributed by atoms with E-state index in [0.717, 1.165) is 18.7 Å². The molecule has 1 aliphatic rings. The van der Waals surface area contributed by atoms with Gasteiger partial charge in [0.25, 0.3) is 0 Å². The fraction of sp³-hybridized carbons (Fsp3) is 0.429. The molecule has 5 nitrogen and oxygen atoms in total. The van der Waals surface area contributed by atoms with Crippen LogP contribution < -0.4 is 5.32 Å². The normalized spacial score (nSPS) is 16.0. The molecule has 0 radical (unpaired) electrons. The summed E-state index contributed by atoms with van der Waals surface area (Å²) in [5, 5.41) is 3.04. The molecule has 1 aromatic carbocycles. The number of ether oxygens (including phenoxy) is 1. The number of hydrogen-bond donors (Lipinski definition) is 1. The maximum atomic E-state index is 13.6. The molecule has 1 N–H and O–H groups in total. The highest BCUT2D eigenvalue weighted by atomic mass is 19.1. The maximum Gasteiger partial charge on any atom is 0.220 e. The molecule has 1 atom stereocenters. The zero-order valence-corrected chi connectivity index (χ0v) is 15.4. The number of rotatable bonds is 8. The van der Waals surface area contributed by atoms with Crippen molar-refractivity contribution in [3.05, 3.63) is 65.7 Å². The highest BCUT2D eigenvalue weighted by molar-refractivity contribution is 5.75. The number of nitrogens with one attached hydrogen (secondary N) is 1. The molecule has 3 rings (SSSR count). The number of aromatic nitrogens is 1. The van der Waals surface area contributed by atoms with Gasteiger partial charge in [0, 0.05) is 38.4 Å². The molecule has 0 spiro atoms. The number of carbonyl (C=O) groups excluding carboxylic acids is 1. The minimum Gasteiger partial charge on any atom is -0.379 e. The fourth-order valence-corrected chi connectivity index (χ4v) is 3.36. The summed E-state index contributed by atoms with van der Waals surface area (Å²) in [7, 11) is 0. The fourth-order valence-electron chi connectivity index (χ4n) is 3.36. The smallest absolute Gasteiger partial charge is 0.220 e. The van der Waals surface area contributed by atoms with Crippen molar-refractivity contribution in [3.8, 4) is 0 Å². The van der Waals surface area contributed by atoms with Crippen molar-refractivity contribution < 1.29 is 13.9 Å². The lowest BCUT2D eigenvalue weighted by molar-refractivity contribution is -0.121. The van der Waals surface area contributed by atoms with Gasteiger partial charge in [-0.3, -0.25) is 14.7 Å². The number of benzene rings is 1. The summed E-state index contributed by atoms with van der Waals surface area (Å²) < 4.78 is 19.1. The molecular weight excluding hydrogens is 345 g/mol. The summed E-state index contributed by atoms with van der Waals surface area (Å²) in [6, 6.07) is 10.8. The molecule has 2 heterocycles. The van der Waals surface area contributed by atoms with Crippen molar-refractivity contribution in [2.75, 3.05) is 32.8 Å². The Morgan fingerprint density at radius 1 is 1.22 bits per heavy atom. The predicted octanol–water partition coefficient (Wildman–Crippen LogP) is 2.73. The van der Waals surface area contributed by atoms with E-state index in [2.05, 4.69) is 15.2 Å². The van der Waals surface area contributed by atoms with Crippen LogP contribution in [0.1, 0.15) is 30.0 Å². The van der Waals surface area contributed by atoms with Crippen LogP contribution in [0.2, 0.25) is 0 Å². The third-order valence-electron chi connectivity index (χ3n) is 4.86. The molecule has 27 heavy (non-hydrogen) atoms. The van der Waals surface area contributed by atoms with Crippen molar-refractivity contribution in [3.63, 3.8) is 0 Å². The van der Waals surface area contributed by atoms with E-state index in [1.54, 1.807) is 18.3 Å². The van der Waals surface area contributed by atoms with Crippen LogP contribution >= 0.6 is 0 Å². The monoisotopic (exact) mass is 371 g/mol. The van der Waals surface area contributed by atoms with E-state index in [9.17, 15) is 9.18 Å². The molecule has 1 saturated heterocycles. The second-order valence-corrected chi connectivity index (χ2v) is 6.70. The summed E-state index contributed by atoms with van der Waals surface area (Å²) in [4.78, 5) is 18.8. The van der Waals surface area contributed by atoms with Crippen LogP contribution in [0, 0.1) is 5.82 Å². The number of hydrogen-bond acceptors (Lipinski definition) is 4. The van der Waals surface area contributed by atoms with Gasteiger partial charge in [0.2, 0.25) is 5.91 Å². The van der Waals surface area contributed by atoms with Crippen molar-refractivity contribution in [2.24, 2.45) is 0 Å². The molecular formula is C21H26FN3O2. The molecule has 0 aliphatic carbocycles. The van der Waals surface area contributed by atoms with E-state index in [1.807, 2.05) is 24.4 Å². The zero-order valence-electron chi connectivity index (χ0n) is 15.4. The second-order valence-electron chi connectivity index (χ2n) is 6.70. The largest absolute Gasteiger partial charge is 0.379 e. The SMILES string of the molecule is O=C(CCCc1ccccc1F)NCC(c1cccnc1)N1CCOCC1. The first kappa shape index (κ1) is 19.5. The molecule has 144 valence electrons. The standard InChI is InChI=1S/C21H26FN3O2/c22-19-8-2-1-5-17(19)6-3-9-21(26)24-16-20(18-7-4-10-23-15-18)25-11-13-27-14-12-25/h1-2,4-5,7-8,10,15,20H,3,6,9,11-14,16H2,(H,24,26). The van der Waals surface area contributed by atoms with Crippen LogP contribution in [-0.2, 0) is 16.0 Å². The first-order valence-corrected chi connectivity index (χ1v) is 9.46. The van der Waals surface area contributed by atoms with E-state index in [1.165, 1.54) is 6.07 Å². The van der Waals surface area contributed by atoms with Gasteiger partial charge >= 0.3 is 0 Å².